The van der Waals surface area contributed by atoms with Gasteiger partial charge in [0.1, 0.15) is 16.7 Å². The van der Waals surface area contributed by atoms with Gasteiger partial charge < -0.3 is 14.6 Å². The number of halogens is 1. The van der Waals surface area contributed by atoms with E-state index < -0.39 is 0 Å². The zero-order valence-corrected chi connectivity index (χ0v) is 11.9. The van der Waals surface area contributed by atoms with E-state index in [1.165, 1.54) is 0 Å². The van der Waals surface area contributed by atoms with Crippen LogP contribution in [-0.2, 0) is 13.6 Å². The highest BCUT2D eigenvalue weighted by molar-refractivity contribution is 6.29. The molecule has 0 aliphatic rings. The summed E-state index contributed by atoms with van der Waals surface area (Å²) in [6.45, 7) is 3.48. The molecule has 0 saturated carbocycles. The lowest BCUT2D eigenvalue weighted by Gasteiger charge is -2.08. The molecule has 1 N–H and O–H groups in total. The van der Waals surface area contributed by atoms with E-state index in [2.05, 4.69) is 17.2 Å². The fourth-order valence-corrected chi connectivity index (χ4v) is 1.80. The average Bonchev–Trinajstić information content (AvgIpc) is 2.75. The Labute approximate surface area is 118 Å². The van der Waals surface area contributed by atoms with E-state index in [0.29, 0.717) is 11.7 Å². The number of anilines is 1. The number of hydrogen-bond acceptors (Lipinski definition) is 3. The Kier molecular flexibility index (Phi) is 4.68. The van der Waals surface area contributed by atoms with E-state index >= 15 is 0 Å². The summed E-state index contributed by atoms with van der Waals surface area (Å²) in [5.74, 6) is 1.80. The van der Waals surface area contributed by atoms with E-state index in [1.54, 1.807) is 6.20 Å². The summed E-state index contributed by atoms with van der Waals surface area (Å²) < 4.78 is 7.39. The molecule has 5 heteroatoms. The lowest BCUT2D eigenvalue weighted by Crippen LogP contribution is -2.06. The average molecular weight is 280 g/mol. The van der Waals surface area contributed by atoms with Crippen LogP contribution in [0.5, 0.6) is 5.75 Å². The first-order chi connectivity index (χ1) is 9.20. The van der Waals surface area contributed by atoms with Crippen molar-refractivity contribution in [3.05, 3.63) is 41.4 Å². The van der Waals surface area contributed by atoms with Crippen LogP contribution in [0.4, 0.5) is 5.69 Å². The summed E-state index contributed by atoms with van der Waals surface area (Å²) in [6.07, 6.45) is 2.67. The molecule has 0 aliphatic heterocycles. The standard InChI is InChI=1S/C14H18ClN3O/c1-3-8-19-12-6-4-11(5-7-12)16-10-14-17-9-13(15)18(14)2/h4-7,9,16H,3,8,10H2,1-2H3. The third-order valence-corrected chi connectivity index (χ3v) is 3.16. The maximum atomic E-state index is 5.94. The highest BCUT2D eigenvalue weighted by Crippen LogP contribution is 2.17. The number of ether oxygens (including phenoxy) is 1. The van der Waals surface area contributed by atoms with Crippen LogP contribution in [0.15, 0.2) is 30.5 Å². The van der Waals surface area contributed by atoms with Crippen molar-refractivity contribution in [1.82, 2.24) is 9.55 Å². The molecule has 0 saturated heterocycles. The lowest BCUT2D eigenvalue weighted by atomic mass is 10.3. The third kappa shape index (κ3) is 3.64. The van der Waals surface area contributed by atoms with Crippen molar-refractivity contribution in [2.24, 2.45) is 7.05 Å². The molecule has 1 heterocycles. The minimum Gasteiger partial charge on any atom is -0.494 e. The molecular formula is C14H18ClN3O. The second-order valence-electron chi connectivity index (χ2n) is 4.28. The topological polar surface area (TPSA) is 39.1 Å². The van der Waals surface area contributed by atoms with E-state index in [1.807, 2.05) is 35.9 Å². The molecular weight excluding hydrogens is 262 g/mol. The predicted octanol–water partition coefficient (Wildman–Crippen LogP) is 3.47. The maximum Gasteiger partial charge on any atom is 0.128 e. The predicted molar refractivity (Wildman–Crippen MR) is 77.8 cm³/mol. The van der Waals surface area contributed by atoms with Crippen LogP contribution < -0.4 is 10.1 Å². The number of nitrogens with zero attached hydrogens (tertiary/aromatic N) is 2. The fraction of sp³-hybridized carbons (Fsp3) is 0.357. The Morgan fingerprint density at radius 1 is 1.32 bits per heavy atom. The van der Waals surface area contributed by atoms with Gasteiger partial charge in [0.15, 0.2) is 0 Å². The van der Waals surface area contributed by atoms with Gasteiger partial charge in [-0.1, -0.05) is 18.5 Å². The first-order valence-corrected chi connectivity index (χ1v) is 6.71. The summed E-state index contributed by atoms with van der Waals surface area (Å²) in [7, 11) is 1.90. The normalized spacial score (nSPS) is 10.5. The summed E-state index contributed by atoms with van der Waals surface area (Å²) in [6, 6.07) is 7.91. The number of nitrogens with one attached hydrogen (secondary N) is 1. The number of hydrogen-bond donors (Lipinski definition) is 1. The molecule has 0 fully saturated rings. The maximum absolute atomic E-state index is 5.94. The Morgan fingerprint density at radius 3 is 2.63 bits per heavy atom. The molecule has 4 nitrogen and oxygen atoms in total. The molecule has 0 radical (unpaired) electrons. The Balaban J connectivity index is 1.91. The number of imidazole rings is 1. The van der Waals surface area contributed by atoms with Crippen LogP contribution in [0, 0.1) is 0 Å². The second-order valence-corrected chi connectivity index (χ2v) is 4.67. The van der Waals surface area contributed by atoms with Gasteiger partial charge in [0.05, 0.1) is 19.3 Å². The first-order valence-electron chi connectivity index (χ1n) is 6.33. The molecule has 0 unspecified atom stereocenters. The SMILES string of the molecule is CCCOc1ccc(NCc2ncc(Cl)n2C)cc1. The summed E-state index contributed by atoms with van der Waals surface area (Å²) >= 11 is 5.94. The smallest absolute Gasteiger partial charge is 0.128 e. The van der Waals surface area contributed by atoms with Gasteiger partial charge in [0.2, 0.25) is 0 Å². The van der Waals surface area contributed by atoms with Gasteiger partial charge in [-0.3, -0.25) is 0 Å². The number of rotatable bonds is 6. The Bertz CT molecular complexity index is 522. The van der Waals surface area contributed by atoms with Gasteiger partial charge in [0, 0.05) is 12.7 Å². The lowest BCUT2D eigenvalue weighted by molar-refractivity contribution is 0.317. The molecule has 1 aromatic heterocycles. The monoisotopic (exact) mass is 279 g/mol. The van der Waals surface area contributed by atoms with Crippen molar-refractivity contribution in [2.75, 3.05) is 11.9 Å². The highest BCUT2D eigenvalue weighted by Gasteiger charge is 2.03. The molecule has 1 aromatic carbocycles. The van der Waals surface area contributed by atoms with Crippen molar-refractivity contribution >= 4 is 17.3 Å². The van der Waals surface area contributed by atoms with Gasteiger partial charge in [-0.15, -0.1) is 0 Å². The first kappa shape index (κ1) is 13.7. The molecule has 2 rings (SSSR count). The molecule has 19 heavy (non-hydrogen) atoms. The zero-order valence-electron chi connectivity index (χ0n) is 11.2. The van der Waals surface area contributed by atoms with E-state index in [4.69, 9.17) is 16.3 Å². The van der Waals surface area contributed by atoms with E-state index in [0.717, 1.165) is 30.3 Å². The second kappa shape index (κ2) is 6.48. The Hall–Kier alpha value is -1.68. The fourth-order valence-electron chi connectivity index (χ4n) is 1.66. The summed E-state index contributed by atoms with van der Waals surface area (Å²) in [5, 5.41) is 3.94. The van der Waals surface area contributed by atoms with Crippen LogP contribution in [-0.4, -0.2) is 16.2 Å². The molecule has 0 atom stereocenters. The van der Waals surface area contributed by atoms with E-state index in [9.17, 15) is 0 Å². The summed E-state index contributed by atoms with van der Waals surface area (Å²) in [4.78, 5) is 4.23. The van der Waals surface area contributed by atoms with Crippen molar-refractivity contribution < 1.29 is 4.74 Å². The molecule has 102 valence electrons. The number of aromatic nitrogens is 2. The van der Waals surface area contributed by atoms with Gasteiger partial charge in [-0.05, 0) is 30.7 Å². The van der Waals surface area contributed by atoms with Crippen molar-refractivity contribution in [3.8, 4) is 5.75 Å². The third-order valence-electron chi connectivity index (χ3n) is 2.81. The van der Waals surface area contributed by atoms with Gasteiger partial charge in [0.25, 0.3) is 0 Å². The number of benzene rings is 1. The Morgan fingerprint density at radius 2 is 2.05 bits per heavy atom. The highest BCUT2D eigenvalue weighted by atomic mass is 35.5. The van der Waals surface area contributed by atoms with Gasteiger partial charge >= 0.3 is 0 Å². The van der Waals surface area contributed by atoms with Crippen LogP contribution >= 0.6 is 11.6 Å². The molecule has 0 aliphatic carbocycles. The quantitative estimate of drug-likeness (QED) is 0.880. The van der Waals surface area contributed by atoms with Crippen molar-refractivity contribution in [2.45, 2.75) is 19.9 Å². The zero-order chi connectivity index (χ0) is 13.7. The van der Waals surface area contributed by atoms with Crippen LogP contribution in [0.3, 0.4) is 0 Å². The minimum atomic E-state index is 0.637. The van der Waals surface area contributed by atoms with Gasteiger partial charge in [-0.2, -0.15) is 0 Å². The molecule has 0 spiro atoms. The van der Waals surface area contributed by atoms with Crippen LogP contribution in [0.25, 0.3) is 0 Å². The summed E-state index contributed by atoms with van der Waals surface area (Å²) in [5.41, 5.74) is 1.03. The molecule has 0 bridgehead atoms. The van der Waals surface area contributed by atoms with Crippen molar-refractivity contribution in [3.63, 3.8) is 0 Å². The van der Waals surface area contributed by atoms with Crippen LogP contribution in [0.1, 0.15) is 19.2 Å². The molecule has 0 amide bonds. The van der Waals surface area contributed by atoms with E-state index in [-0.39, 0.29) is 0 Å². The minimum absolute atomic E-state index is 0.637. The molecule has 2 aromatic rings. The van der Waals surface area contributed by atoms with Gasteiger partial charge in [-0.25, -0.2) is 4.98 Å². The largest absolute Gasteiger partial charge is 0.494 e. The van der Waals surface area contributed by atoms with Crippen LogP contribution in [0.2, 0.25) is 5.15 Å². The van der Waals surface area contributed by atoms with Crippen molar-refractivity contribution in [1.29, 1.82) is 0 Å².